The molecule has 2 aliphatic heterocycles. The van der Waals surface area contributed by atoms with E-state index in [0.29, 0.717) is 30.1 Å². The smallest absolute Gasteiger partial charge is 0.255 e. The summed E-state index contributed by atoms with van der Waals surface area (Å²) >= 11 is 0. The number of amides is 2. The van der Waals surface area contributed by atoms with E-state index in [2.05, 4.69) is 35.1 Å². The molecule has 0 bridgehead atoms. The van der Waals surface area contributed by atoms with Gasteiger partial charge in [-0.05, 0) is 69.0 Å². The summed E-state index contributed by atoms with van der Waals surface area (Å²) in [5, 5.41) is 12.8. The summed E-state index contributed by atoms with van der Waals surface area (Å²) in [4.78, 5) is 31.3. The Kier molecular flexibility index (Phi) is 10.9. The van der Waals surface area contributed by atoms with Crippen LogP contribution in [0.1, 0.15) is 68.8 Å². The van der Waals surface area contributed by atoms with Crippen molar-refractivity contribution in [3.8, 4) is 0 Å². The van der Waals surface area contributed by atoms with Crippen molar-refractivity contribution in [2.45, 2.75) is 59.0 Å². The van der Waals surface area contributed by atoms with Gasteiger partial charge in [0.25, 0.3) is 5.91 Å². The highest BCUT2D eigenvalue weighted by atomic mass is 16.3. The van der Waals surface area contributed by atoms with Crippen LogP contribution in [0.15, 0.2) is 53.0 Å². The number of piperidine rings is 1. The van der Waals surface area contributed by atoms with Crippen molar-refractivity contribution in [2.24, 2.45) is 10.7 Å². The first-order chi connectivity index (χ1) is 18.3. The third kappa shape index (κ3) is 8.45. The number of hydrogen-bond acceptors (Lipinski definition) is 6. The predicted molar refractivity (Wildman–Crippen MR) is 156 cm³/mol. The van der Waals surface area contributed by atoms with Crippen molar-refractivity contribution in [1.82, 2.24) is 4.90 Å². The number of nitrogens with one attached hydrogen (secondary N) is 1. The maximum atomic E-state index is 12.7. The average molecular weight is 520 g/mol. The predicted octanol–water partition coefficient (Wildman–Crippen LogP) is 4.96. The van der Waals surface area contributed by atoms with Crippen LogP contribution in [0.25, 0.3) is 6.08 Å². The first kappa shape index (κ1) is 28.9. The van der Waals surface area contributed by atoms with E-state index in [1.165, 1.54) is 0 Å². The highest BCUT2D eigenvalue weighted by molar-refractivity contribution is 6.05. The number of β-amino-alcohol motifs (C(OH)–C–C–N with tert-alkyl or cyclic N) is 1. The number of amidine groups is 1. The van der Waals surface area contributed by atoms with Gasteiger partial charge in [0.1, 0.15) is 5.84 Å². The van der Waals surface area contributed by atoms with Crippen LogP contribution in [0.2, 0.25) is 0 Å². The molecular formula is C30H41N5O3. The number of hydrogen-bond donors (Lipinski definition) is 3. The van der Waals surface area contributed by atoms with Gasteiger partial charge >= 0.3 is 0 Å². The fourth-order valence-electron chi connectivity index (χ4n) is 4.64. The monoisotopic (exact) mass is 519 g/mol. The van der Waals surface area contributed by atoms with E-state index in [0.717, 1.165) is 74.2 Å². The molecule has 0 radical (unpaired) electrons. The lowest BCUT2D eigenvalue weighted by molar-refractivity contribution is -0.118. The highest BCUT2D eigenvalue weighted by Gasteiger charge is 2.18. The van der Waals surface area contributed by atoms with E-state index in [4.69, 9.17) is 5.73 Å². The largest absolute Gasteiger partial charge is 0.391 e. The van der Waals surface area contributed by atoms with Crippen molar-refractivity contribution >= 4 is 41.3 Å². The number of benzene rings is 2. The molecule has 8 nitrogen and oxygen atoms in total. The number of fused-ring (bicyclic) bond motifs is 1. The summed E-state index contributed by atoms with van der Waals surface area (Å²) in [5.74, 6) is 0.362. The standard InChI is InChI=1S/C23H26N4O2.C7H15NO/c1-15-11-16-4-5-17(13-21(16)26-22(24)12-15)23(29)25-18-6-8-19(9-7-18)27-10-2-3-20(28)14-27;1-3-5-8(7-9)6-4-2/h4-9,11,13,20,28H,2-3,10,12,14H2,1H3,(H2,24,26)(H,25,29);7H,3-6H2,1-2H3. The molecule has 1 fully saturated rings. The van der Waals surface area contributed by atoms with E-state index in [1.54, 1.807) is 17.0 Å². The van der Waals surface area contributed by atoms with Crippen LogP contribution < -0.4 is 16.0 Å². The fourth-order valence-corrected chi connectivity index (χ4v) is 4.64. The Labute approximate surface area is 226 Å². The van der Waals surface area contributed by atoms with Crippen molar-refractivity contribution in [3.05, 3.63) is 59.2 Å². The van der Waals surface area contributed by atoms with Gasteiger partial charge in [0, 0.05) is 55.1 Å². The van der Waals surface area contributed by atoms with Crippen molar-refractivity contribution in [3.63, 3.8) is 0 Å². The molecule has 38 heavy (non-hydrogen) atoms. The molecule has 8 heteroatoms. The molecule has 2 aromatic rings. The van der Waals surface area contributed by atoms with Crippen LogP contribution in [0.5, 0.6) is 0 Å². The van der Waals surface area contributed by atoms with Gasteiger partial charge in [-0.2, -0.15) is 0 Å². The summed E-state index contributed by atoms with van der Waals surface area (Å²) in [6, 6.07) is 13.2. The number of aliphatic hydroxyl groups excluding tert-OH is 1. The third-order valence-electron chi connectivity index (χ3n) is 6.48. The number of carbonyl (C=O) groups excluding carboxylic acids is 2. The lowest BCUT2D eigenvalue weighted by Crippen LogP contribution is -2.38. The fraction of sp³-hybridized carbons (Fsp3) is 0.433. The zero-order valence-corrected chi connectivity index (χ0v) is 22.8. The van der Waals surface area contributed by atoms with Crippen LogP contribution in [-0.2, 0) is 4.79 Å². The van der Waals surface area contributed by atoms with Gasteiger partial charge < -0.3 is 26.0 Å². The van der Waals surface area contributed by atoms with Crippen molar-refractivity contribution in [2.75, 3.05) is 36.4 Å². The lowest BCUT2D eigenvalue weighted by Gasteiger charge is -2.32. The van der Waals surface area contributed by atoms with Gasteiger partial charge in [-0.15, -0.1) is 0 Å². The zero-order valence-electron chi connectivity index (χ0n) is 22.8. The van der Waals surface area contributed by atoms with Gasteiger partial charge in [0.05, 0.1) is 11.8 Å². The number of aliphatic imine (C=N–C) groups is 1. The summed E-state index contributed by atoms with van der Waals surface area (Å²) < 4.78 is 0. The van der Waals surface area contributed by atoms with Crippen molar-refractivity contribution < 1.29 is 14.7 Å². The molecule has 4 rings (SSSR count). The Balaban J connectivity index is 0.000000383. The molecule has 2 aliphatic rings. The van der Waals surface area contributed by atoms with Gasteiger partial charge in [-0.3, -0.25) is 9.59 Å². The van der Waals surface area contributed by atoms with E-state index in [9.17, 15) is 14.7 Å². The number of anilines is 2. The molecule has 0 aromatic heterocycles. The molecule has 4 N–H and O–H groups in total. The Morgan fingerprint density at radius 1 is 1.18 bits per heavy atom. The molecule has 1 unspecified atom stereocenters. The van der Waals surface area contributed by atoms with E-state index in [-0.39, 0.29) is 12.0 Å². The molecule has 1 atom stereocenters. The van der Waals surface area contributed by atoms with Crippen LogP contribution in [0.4, 0.5) is 17.1 Å². The van der Waals surface area contributed by atoms with Gasteiger partial charge in [0.15, 0.2) is 0 Å². The van der Waals surface area contributed by atoms with E-state index in [1.807, 2.05) is 37.3 Å². The van der Waals surface area contributed by atoms with E-state index >= 15 is 0 Å². The molecule has 0 saturated carbocycles. The molecule has 2 aromatic carbocycles. The Morgan fingerprint density at radius 3 is 2.53 bits per heavy atom. The number of nitrogens with zero attached hydrogens (tertiary/aromatic N) is 3. The quantitative estimate of drug-likeness (QED) is 0.427. The second-order valence-corrected chi connectivity index (χ2v) is 9.93. The van der Waals surface area contributed by atoms with Crippen molar-refractivity contribution in [1.29, 1.82) is 0 Å². The third-order valence-corrected chi connectivity index (χ3v) is 6.48. The van der Waals surface area contributed by atoms with Crippen LogP contribution in [0, 0.1) is 0 Å². The molecule has 204 valence electrons. The Bertz CT molecular complexity index is 1140. The SMILES string of the molecule is CC1=Cc2ccc(C(=O)Nc3ccc(N4CCCC(O)C4)cc3)cc2N=C(N)C1.CCCN(C=O)CCC. The first-order valence-corrected chi connectivity index (χ1v) is 13.5. The second kappa shape index (κ2) is 14.3. The van der Waals surface area contributed by atoms with Crippen LogP contribution in [0.3, 0.4) is 0 Å². The van der Waals surface area contributed by atoms with Gasteiger partial charge in [-0.25, -0.2) is 4.99 Å². The molecule has 0 aliphatic carbocycles. The minimum Gasteiger partial charge on any atom is -0.391 e. The number of nitrogens with two attached hydrogens (primary N) is 1. The van der Waals surface area contributed by atoms with Crippen LogP contribution in [-0.4, -0.2) is 60.4 Å². The first-order valence-electron chi connectivity index (χ1n) is 13.5. The number of aliphatic hydroxyl groups is 1. The number of carbonyl (C=O) groups is 2. The van der Waals surface area contributed by atoms with Gasteiger partial charge in [0.2, 0.25) is 6.41 Å². The summed E-state index contributed by atoms with van der Waals surface area (Å²) in [7, 11) is 0. The summed E-state index contributed by atoms with van der Waals surface area (Å²) in [5.41, 5.74) is 11.1. The maximum Gasteiger partial charge on any atom is 0.255 e. The zero-order chi connectivity index (χ0) is 27.5. The lowest BCUT2D eigenvalue weighted by atomic mass is 10.1. The second-order valence-electron chi connectivity index (χ2n) is 9.93. The number of rotatable bonds is 8. The Morgan fingerprint density at radius 2 is 1.89 bits per heavy atom. The van der Waals surface area contributed by atoms with E-state index < -0.39 is 0 Å². The molecule has 2 heterocycles. The molecule has 2 amide bonds. The molecule has 0 spiro atoms. The topological polar surface area (TPSA) is 111 Å². The van der Waals surface area contributed by atoms with Gasteiger partial charge in [-0.1, -0.05) is 31.6 Å². The molecule has 1 saturated heterocycles. The molecular weight excluding hydrogens is 478 g/mol. The maximum absolute atomic E-state index is 12.7. The highest BCUT2D eigenvalue weighted by Crippen LogP contribution is 2.28. The average Bonchev–Trinajstić information content (AvgIpc) is 3.04. The summed E-state index contributed by atoms with van der Waals surface area (Å²) in [6.07, 6.45) is 7.29. The minimum absolute atomic E-state index is 0.187. The normalized spacial score (nSPS) is 16.6. The van der Waals surface area contributed by atoms with Crippen LogP contribution >= 0.6 is 0 Å². The summed E-state index contributed by atoms with van der Waals surface area (Å²) in [6.45, 7) is 9.56. The minimum atomic E-state index is -0.272. The Hall–Kier alpha value is -3.65.